The fraction of sp³-hybridized carbons (Fsp3) is 0. The van der Waals surface area contributed by atoms with Crippen LogP contribution in [0.2, 0.25) is 0 Å². The van der Waals surface area contributed by atoms with Crippen LogP contribution in [0.1, 0.15) is 0 Å². The Labute approximate surface area is 80.9 Å². The van der Waals surface area contributed by atoms with Gasteiger partial charge in [0.05, 0.1) is 14.2 Å². The molecule has 0 radical (unpaired) electrons. The fourth-order valence-corrected chi connectivity index (χ4v) is 2.89. The van der Waals surface area contributed by atoms with Gasteiger partial charge in [-0.25, -0.2) is 0 Å². The van der Waals surface area contributed by atoms with Crippen molar-refractivity contribution in [3.05, 3.63) is 27.6 Å². The third-order valence-corrected chi connectivity index (χ3v) is 3.84. The van der Waals surface area contributed by atoms with Crippen molar-refractivity contribution in [2.75, 3.05) is 0 Å². The van der Waals surface area contributed by atoms with E-state index in [0.717, 1.165) is 0 Å². The first kappa shape index (κ1) is 7.46. The molecule has 2 rings (SSSR count). The Morgan fingerprint density at radius 3 is 2.73 bits per heavy atom. The highest BCUT2D eigenvalue weighted by atomic mass is 79.9. The van der Waals surface area contributed by atoms with E-state index in [2.05, 4.69) is 33.0 Å². The van der Waals surface area contributed by atoms with Crippen LogP contribution in [0.15, 0.2) is 27.6 Å². The van der Waals surface area contributed by atoms with Crippen LogP contribution in [0.4, 0.5) is 0 Å². The lowest BCUT2D eigenvalue weighted by molar-refractivity contribution is 1.43. The van der Waals surface area contributed by atoms with E-state index in [9.17, 15) is 0 Å². The third kappa shape index (κ3) is 1.52. The maximum Gasteiger partial charge on any atom is 0.0798 e. The minimum Gasteiger partial charge on any atom is -0.252 e. The van der Waals surface area contributed by atoms with Gasteiger partial charge >= 0.3 is 0 Å². The lowest BCUT2D eigenvalue weighted by Gasteiger charge is -1.84. The molecule has 2 aromatic rings. The second-order valence-electron chi connectivity index (χ2n) is 1.97. The van der Waals surface area contributed by atoms with Gasteiger partial charge in [0.15, 0.2) is 0 Å². The van der Waals surface area contributed by atoms with Crippen molar-refractivity contribution in [2.45, 2.75) is 0 Å². The summed E-state index contributed by atoms with van der Waals surface area (Å²) in [4.78, 5) is 6.53. The summed E-state index contributed by atoms with van der Waals surface area (Å²) in [6, 6.07) is 4.15. The Morgan fingerprint density at radius 2 is 2.18 bits per heavy atom. The summed E-state index contributed by atoms with van der Waals surface area (Å²) in [5, 5.41) is 0. The molecule has 0 spiro atoms. The summed E-state index contributed by atoms with van der Waals surface area (Å²) in [7, 11) is 0. The lowest BCUT2D eigenvalue weighted by Crippen LogP contribution is -1.57. The molecule has 2 aromatic heterocycles. The minimum atomic E-state index is 1.17. The molecular weight excluding hydrogens is 242 g/mol. The van der Waals surface area contributed by atoms with Crippen molar-refractivity contribution >= 4 is 38.6 Å². The van der Waals surface area contributed by atoms with Gasteiger partial charge in [-0.2, -0.15) is 0 Å². The largest absolute Gasteiger partial charge is 0.252 e. The summed E-state index contributed by atoms with van der Waals surface area (Å²) in [6.07, 6.45) is 1.89. The summed E-state index contributed by atoms with van der Waals surface area (Å²) >= 11 is 6.82. The number of hydrogen-bond donors (Lipinski definition) is 0. The van der Waals surface area contributed by atoms with Crippen LogP contribution in [-0.2, 0) is 0 Å². The molecule has 0 aliphatic carbocycles. The molecule has 0 aliphatic heterocycles. The number of hydrogen-bond acceptors (Lipinski definition) is 3. The van der Waals surface area contributed by atoms with Gasteiger partial charge in [-0.15, -0.1) is 22.7 Å². The molecule has 0 fully saturated rings. The Hall–Kier alpha value is -0.190. The summed E-state index contributed by atoms with van der Waals surface area (Å²) in [5.74, 6) is 0. The van der Waals surface area contributed by atoms with Crippen molar-refractivity contribution in [3.8, 4) is 9.75 Å². The second-order valence-corrected chi connectivity index (χ2v) is 5.32. The monoisotopic (exact) mass is 245 g/mol. The van der Waals surface area contributed by atoms with E-state index in [-0.39, 0.29) is 0 Å². The zero-order chi connectivity index (χ0) is 7.68. The Morgan fingerprint density at radius 1 is 1.27 bits per heavy atom. The maximum absolute atomic E-state index is 4.02. The van der Waals surface area contributed by atoms with Gasteiger partial charge in [0.1, 0.15) is 0 Å². The molecule has 0 aliphatic rings. The van der Waals surface area contributed by atoms with Crippen LogP contribution in [0.3, 0.4) is 0 Å². The third-order valence-electron chi connectivity index (χ3n) is 1.25. The quantitative estimate of drug-likeness (QED) is 0.748. The topological polar surface area (TPSA) is 12.9 Å². The number of aromatic nitrogens is 1. The zero-order valence-corrected chi connectivity index (χ0v) is 8.67. The van der Waals surface area contributed by atoms with E-state index in [1.54, 1.807) is 22.7 Å². The van der Waals surface area contributed by atoms with Crippen LogP contribution < -0.4 is 0 Å². The van der Waals surface area contributed by atoms with E-state index in [1.165, 1.54) is 13.5 Å². The van der Waals surface area contributed by atoms with Gasteiger partial charge in [-0.05, 0) is 28.1 Å². The summed E-state index contributed by atoms with van der Waals surface area (Å²) in [6.45, 7) is 0. The number of thiazole rings is 1. The van der Waals surface area contributed by atoms with Crippen LogP contribution >= 0.6 is 38.6 Å². The van der Waals surface area contributed by atoms with Gasteiger partial charge < -0.3 is 0 Å². The molecule has 0 bridgehead atoms. The van der Waals surface area contributed by atoms with Crippen molar-refractivity contribution < 1.29 is 0 Å². The standard InChI is InChI=1S/C7H4BrNS2/c8-7-2-1-5(11-7)6-3-9-4-10-6/h1-4H. The highest BCUT2D eigenvalue weighted by Gasteiger charge is 2.01. The van der Waals surface area contributed by atoms with Crippen molar-refractivity contribution in [3.63, 3.8) is 0 Å². The zero-order valence-electron chi connectivity index (χ0n) is 5.45. The van der Waals surface area contributed by atoms with Gasteiger partial charge in [-0.1, -0.05) is 0 Å². The van der Waals surface area contributed by atoms with E-state index in [4.69, 9.17) is 0 Å². The average molecular weight is 246 g/mol. The molecule has 56 valence electrons. The minimum absolute atomic E-state index is 1.17. The number of thiophene rings is 1. The van der Waals surface area contributed by atoms with Crippen LogP contribution in [0, 0.1) is 0 Å². The van der Waals surface area contributed by atoms with Gasteiger partial charge in [0.2, 0.25) is 0 Å². The predicted octanol–water partition coefficient (Wildman–Crippen LogP) is 3.63. The van der Waals surface area contributed by atoms with Crippen molar-refractivity contribution in [2.24, 2.45) is 0 Å². The molecule has 0 unspecified atom stereocenters. The first-order chi connectivity index (χ1) is 5.36. The number of nitrogens with zero attached hydrogens (tertiary/aromatic N) is 1. The first-order valence-corrected chi connectivity index (χ1v) is 5.49. The number of rotatable bonds is 1. The van der Waals surface area contributed by atoms with E-state index >= 15 is 0 Å². The van der Waals surface area contributed by atoms with Crippen LogP contribution in [0.25, 0.3) is 9.75 Å². The van der Waals surface area contributed by atoms with Crippen LogP contribution in [0.5, 0.6) is 0 Å². The van der Waals surface area contributed by atoms with E-state index in [1.807, 2.05) is 11.7 Å². The molecule has 0 saturated heterocycles. The highest BCUT2D eigenvalue weighted by molar-refractivity contribution is 9.11. The lowest BCUT2D eigenvalue weighted by atomic mass is 10.4. The second kappa shape index (κ2) is 3.05. The first-order valence-electron chi connectivity index (χ1n) is 3.00. The summed E-state index contributed by atoms with van der Waals surface area (Å²) in [5.41, 5.74) is 1.85. The normalized spacial score (nSPS) is 10.3. The average Bonchev–Trinajstić information content (AvgIpc) is 2.55. The molecule has 0 saturated carbocycles. The van der Waals surface area contributed by atoms with Crippen molar-refractivity contribution in [1.82, 2.24) is 4.98 Å². The van der Waals surface area contributed by atoms with Gasteiger partial charge in [-0.3, -0.25) is 4.98 Å². The molecule has 1 nitrogen and oxygen atoms in total. The molecule has 0 atom stereocenters. The molecule has 0 N–H and O–H groups in total. The van der Waals surface area contributed by atoms with Gasteiger partial charge in [0.25, 0.3) is 0 Å². The Balaban J connectivity index is 2.45. The predicted molar refractivity (Wildman–Crippen MR) is 53.1 cm³/mol. The van der Waals surface area contributed by atoms with E-state index < -0.39 is 0 Å². The molecule has 11 heavy (non-hydrogen) atoms. The Bertz CT molecular complexity index is 339. The number of halogens is 1. The van der Waals surface area contributed by atoms with Crippen LogP contribution in [-0.4, -0.2) is 4.98 Å². The fourth-order valence-electron chi connectivity index (χ4n) is 0.784. The van der Waals surface area contributed by atoms with Crippen molar-refractivity contribution in [1.29, 1.82) is 0 Å². The van der Waals surface area contributed by atoms with E-state index in [0.29, 0.717) is 0 Å². The maximum atomic E-state index is 4.02. The summed E-state index contributed by atoms with van der Waals surface area (Å²) < 4.78 is 1.17. The molecule has 4 heteroatoms. The molecule has 0 amide bonds. The molecule has 0 aromatic carbocycles. The molecular formula is C7H4BrNS2. The smallest absolute Gasteiger partial charge is 0.0798 e. The highest BCUT2D eigenvalue weighted by Crippen LogP contribution is 2.32. The SMILES string of the molecule is Brc1ccc(-c2cncs2)s1. The van der Waals surface area contributed by atoms with Gasteiger partial charge in [0, 0.05) is 11.1 Å². The Kier molecular flexibility index (Phi) is 2.07. The molecule has 2 heterocycles.